The number of nitrogen functional groups attached to an aromatic ring is 1. The van der Waals surface area contributed by atoms with Gasteiger partial charge in [-0.3, -0.25) is 5.41 Å². The van der Waals surface area contributed by atoms with E-state index in [-0.39, 0.29) is 5.84 Å². The summed E-state index contributed by atoms with van der Waals surface area (Å²) in [4.78, 5) is 2.13. The maximum Gasteiger partial charge on any atom is 0.122 e. The van der Waals surface area contributed by atoms with Crippen LogP contribution in [0.5, 0.6) is 5.75 Å². The lowest BCUT2D eigenvalue weighted by Gasteiger charge is -2.21. The number of anilines is 1. The molecule has 0 unspecified atom stereocenters. The SMILES string of the molecule is COc1ccc(Br)c(CN(C)c2ccc(C(=N)N)cc2)c1. The smallest absolute Gasteiger partial charge is 0.122 e. The molecule has 0 aliphatic carbocycles. The number of hydrogen-bond donors (Lipinski definition) is 2. The Balaban J connectivity index is 2.17. The fourth-order valence-corrected chi connectivity index (χ4v) is 2.41. The average Bonchev–Trinajstić information content (AvgIpc) is 2.49. The molecule has 0 atom stereocenters. The van der Waals surface area contributed by atoms with Crippen LogP contribution < -0.4 is 15.4 Å². The zero-order valence-electron chi connectivity index (χ0n) is 12.1. The molecule has 0 saturated heterocycles. The summed E-state index contributed by atoms with van der Waals surface area (Å²) >= 11 is 3.56. The quantitative estimate of drug-likeness (QED) is 0.643. The molecule has 0 bridgehead atoms. The second-order valence-corrected chi connectivity index (χ2v) is 5.63. The van der Waals surface area contributed by atoms with Crippen LogP contribution >= 0.6 is 15.9 Å². The molecule has 4 nitrogen and oxygen atoms in total. The standard InChI is InChI=1S/C16H18BrN3O/c1-20(13-5-3-11(4-6-13)16(18)19)10-12-9-14(21-2)7-8-15(12)17/h3-9H,10H2,1-2H3,(H3,18,19). The third-order valence-corrected chi connectivity index (χ3v) is 4.05. The zero-order chi connectivity index (χ0) is 15.4. The summed E-state index contributed by atoms with van der Waals surface area (Å²) in [5, 5.41) is 7.41. The second kappa shape index (κ2) is 6.63. The zero-order valence-corrected chi connectivity index (χ0v) is 13.6. The fraction of sp³-hybridized carbons (Fsp3) is 0.188. The summed E-state index contributed by atoms with van der Waals surface area (Å²) < 4.78 is 6.31. The highest BCUT2D eigenvalue weighted by Crippen LogP contribution is 2.25. The Morgan fingerprint density at radius 1 is 1.24 bits per heavy atom. The van der Waals surface area contributed by atoms with Crippen molar-refractivity contribution in [1.82, 2.24) is 0 Å². The highest BCUT2D eigenvalue weighted by molar-refractivity contribution is 9.10. The van der Waals surface area contributed by atoms with E-state index in [1.165, 1.54) is 0 Å². The minimum absolute atomic E-state index is 0.0831. The molecule has 0 fully saturated rings. The van der Waals surface area contributed by atoms with E-state index in [1.807, 2.05) is 49.5 Å². The molecule has 110 valence electrons. The van der Waals surface area contributed by atoms with E-state index in [9.17, 15) is 0 Å². The number of nitrogens with zero attached hydrogens (tertiary/aromatic N) is 1. The number of nitrogens with two attached hydrogens (primary N) is 1. The van der Waals surface area contributed by atoms with Gasteiger partial charge in [-0.1, -0.05) is 15.9 Å². The lowest BCUT2D eigenvalue weighted by Crippen LogP contribution is -2.17. The third kappa shape index (κ3) is 3.76. The van der Waals surface area contributed by atoms with E-state index < -0.39 is 0 Å². The molecular formula is C16H18BrN3O. The summed E-state index contributed by atoms with van der Waals surface area (Å²) in [6.07, 6.45) is 0. The largest absolute Gasteiger partial charge is 0.497 e. The molecule has 2 aromatic rings. The Morgan fingerprint density at radius 3 is 2.48 bits per heavy atom. The van der Waals surface area contributed by atoms with Gasteiger partial charge in [0.25, 0.3) is 0 Å². The van der Waals surface area contributed by atoms with E-state index in [2.05, 4.69) is 20.8 Å². The third-order valence-electron chi connectivity index (χ3n) is 3.28. The molecule has 0 amide bonds. The van der Waals surface area contributed by atoms with Gasteiger partial charge in [-0.15, -0.1) is 0 Å². The van der Waals surface area contributed by atoms with Crippen molar-refractivity contribution >= 4 is 27.5 Å². The Morgan fingerprint density at radius 2 is 1.90 bits per heavy atom. The van der Waals surface area contributed by atoms with Crippen molar-refractivity contribution in [3.8, 4) is 5.75 Å². The van der Waals surface area contributed by atoms with Gasteiger partial charge in [-0.05, 0) is 48.0 Å². The molecule has 3 N–H and O–H groups in total. The van der Waals surface area contributed by atoms with Crippen molar-refractivity contribution in [1.29, 1.82) is 5.41 Å². The fourth-order valence-electron chi connectivity index (χ4n) is 2.04. The first-order valence-corrected chi connectivity index (χ1v) is 7.28. The number of rotatable bonds is 5. The summed E-state index contributed by atoms with van der Waals surface area (Å²) in [6.45, 7) is 0.747. The van der Waals surface area contributed by atoms with Gasteiger partial charge in [0, 0.05) is 29.3 Å². The van der Waals surface area contributed by atoms with Gasteiger partial charge < -0.3 is 15.4 Å². The summed E-state index contributed by atoms with van der Waals surface area (Å²) in [7, 11) is 3.69. The predicted octanol–water partition coefficient (Wildman–Crippen LogP) is 3.38. The van der Waals surface area contributed by atoms with Crippen molar-refractivity contribution in [3.63, 3.8) is 0 Å². The minimum atomic E-state index is 0.0831. The Bertz CT molecular complexity index is 640. The Hall–Kier alpha value is -2.01. The van der Waals surface area contributed by atoms with Crippen LogP contribution in [0.3, 0.4) is 0 Å². The molecular weight excluding hydrogens is 330 g/mol. The molecule has 0 aliphatic heterocycles. The van der Waals surface area contributed by atoms with Crippen LogP contribution in [-0.4, -0.2) is 20.0 Å². The number of ether oxygens (including phenoxy) is 1. The second-order valence-electron chi connectivity index (χ2n) is 4.77. The molecule has 0 saturated carbocycles. The molecule has 2 aromatic carbocycles. The van der Waals surface area contributed by atoms with Crippen LogP contribution in [0.25, 0.3) is 0 Å². The lowest BCUT2D eigenvalue weighted by molar-refractivity contribution is 0.414. The van der Waals surface area contributed by atoms with Crippen LogP contribution in [0.4, 0.5) is 5.69 Å². The highest BCUT2D eigenvalue weighted by atomic mass is 79.9. The first-order chi connectivity index (χ1) is 10.0. The van der Waals surface area contributed by atoms with E-state index in [4.69, 9.17) is 15.9 Å². The number of benzene rings is 2. The van der Waals surface area contributed by atoms with E-state index in [0.29, 0.717) is 0 Å². The van der Waals surface area contributed by atoms with Crippen molar-refractivity contribution in [2.24, 2.45) is 5.73 Å². The van der Waals surface area contributed by atoms with Crippen molar-refractivity contribution in [2.75, 3.05) is 19.1 Å². The number of amidine groups is 1. The molecule has 0 radical (unpaired) electrons. The van der Waals surface area contributed by atoms with Crippen LogP contribution in [0.1, 0.15) is 11.1 Å². The maximum absolute atomic E-state index is 7.41. The van der Waals surface area contributed by atoms with Gasteiger partial charge in [-0.2, -0.15) is 0 Å². The highest BCUT2D eigenvalue weighted by Gasteiger charge is 2.07. The average molecular weight is 348 g/mol. The minimum Gasteiger partial charge on any atom is -0.497 e. The van der Waals surface area contributed by atoms with Crippen LogP contribution in [0.2, 0.25) is 0 Å². The monoisotopic (exact) mass is 347 g/mol. The van der Waals surface area contributed by atoms with Crippen LogP contribution in [-0.2, 0) is 6.54 Å². The summed E-state index contributed by atoms with van der Waals surface area (Å²) in [5.41, 5.74) is 8.41. The van der Waals surface area contributed by atoms with E-state index >= 15 is 0 Å². The van der Waals surface area contributed by atoms with Gasteiger partial charge >= 0.3 is 0 Å². The van der Waals surface area contributed by atoms with Crippen molar-refractivity contribution in [2.45, 2.75) is 6.54 Å². The molecule has 0 spiro atoms. The number of methoxy groups -OCH3 is 1. The van der Waals surface area contributed by atoms with Gasteiger partial charge in [0.15, 0.2) is 0 Å². The maximum atomic E-state index is 7.41. The van der Waals surface area contributed by atoms with Crippen LogP contribution in [0, 0.1) is 5.41 Å². The number of halogens is 1. The molecule has 0 heterocycles. The van der Waals surface area contributed by atoms with Gasteiger partial charge in [0.2, 0.25) is 0 Å². The van der Waals surface area contributed by atoms with E-state index in [0.717, 1.165) is 33.6 Å². The first kappa shape index (κ1) is 15.4. The van der Waals surface area contributed by atoms with Crippen molar-refractivity contribution in [3.05, 3.63) is 58.1 Å². The number of hydrogen-bond acceptors (Lipinski definition) is 3. The molecule has 2 rings (SSSR count). The van der Waals surface area contributed by atoms with Gasteiger partial charge in [-0.25, -0.2) is 0 Å². The molecule has 0 aromatic heterocycles. The van der Waals surface area contributed by atoms with Gasteiger partial charge in [0.05, 0.1) is 7.11 Å². The van der Waals surface area contributed by atoms with E-state index in [1.54, 1.807) is 7.11 Å². The lowest BCUT2D eigenvalue weighted by atomic mass is 10.1. The van der Waals surface area contributed by atoms with Crippen molar-refractivity contribution < 1.29 is 4.74 Å². The Labute approximate surface area is 133 Å². The summed E-state index contributed by atoms with van der Waals surface area (Å²) in [6, 6.07) is 13.6. The summed E-state index contributed by atoms with van der Waals surface area (Å²) in [5.74, 6) is 0.924. The molecule has 21 heavy (non-hydrogen) atoms. The molecule has 0 aliphatic rings. The predicted molar refractivity (Wildman–Crippen MR) is 90.3 cm³/mol. The van der Waals surface area contributed by atoms with Gasteiger partial charge in [0.1, 0.15) is 11.6 Å². The molecule has 5 heteroatoms. The first-order valence-electron chi connectivity index (χ1n) is 6.49. The Kier molecular flexibility index (Phi) is 4.85. The number of nitrogens with one attached hydrogen (secondary N) is 1. The normalized spacial score (nSPS) is 10.2. The van der Waals surface area contributed by atoms with Crippen LogP contribution in [0.15, 0.2) is 46.9 Å². The topological polar surface area (TPSA) is 62.3 Å².